The lowest BCUT2D eigenvalue weighted by Gasteiger charge is -2.16. The number of benzene rings is 1. The second-order valence-corrected chi connectivity index (χ2v) is 12.0. The number of anilines is 1. The minimum atomic E-state index is -2.56. The molecule has 5 nitrogen and oxygen atoms in total. The molecule has 10 heteroatoms. The zero-order chi connectivity index (χ0) is 24.8. The van der Waals surface area contributed by atoms with Gasteiger partial charge in [-0.15, -0.1) is 0 Å². The molecule has 0 saturated carbocycles. The van der Waals surface area contributed by atoms with Gasteiger partial charge in [0.25, 0.3) is 0 Å². The van der Waals surface area contributed by atoms with Crippen LogP contribution in [0.2, 0.25) is 5.02 Å². The molecule has 1 unspecified atom stereocenters. The molecule has 3 heterocycles. The molecule has 4 aromatic rings. The van der Waals surface area contributed by atoms with Gasteiger partial charge in [0.2, 0.25) is 0 Å². The van der Waals surface area contributed by atoms with E-state index in [1.54, 1.807) is 32.4 Å². The minimum absolute atomic E-state index is 0.00102. The molecular weight excluding hydrogens is 484 g/mol. The zero-order valence-corrected chi connectivity index (χ0v) is 20.3. The van der Waals surface area contributed by atoms with Crippen molar-refractivity contribution in [3.8, 4) is 11.3 Å². The summed E-state index contributed by atoms with van der Waals surface area (Å²) in [5, 5.41) is 0.118. The van der Waals surface area contributed by atoms with Crippen molar-refractivity contribution in [3.63, 3.8) is 0 Å². The maximum absolute atomic E-state index is 15.0. The Bertz CT molecular complexity index is 1460. The number of pyridine rings is 3. The van der Waals surface area contributed by atoms with Gasteiger partial charge in [-0.05, 0) is 49.4 Å². The topological polar surface area (TPSA) is 81.8 Å². The first kappa shape index (κ1) is 24.2. The Morgan fingerprint density at radius 2 is 1.82 bits per heavy atom. The first-order valence-corrected chi connectivity index (χ1v) is 13.3. The monoisotopic (exact) mass is 504 g/mol. The van der Waals surface area contributed by atoms with Crippen molar-refractivity contribution in [2.24, 2.45) is 0 Å². The number of rotatable bonds is 5. The summed E-state index contributed by atoms with van der Waals surface area (Å²) in [6, 6.07) is 8.32. The largest absolute Gasteiger partial charge is 0.396 e. The van der Waals surface area contributed by atoms with Gasteiger partial charge in [-0.1, -0.05) is 30.7 Å². The predicted molar refractivity (Wildman–Crippen MR) is 130 cm³/mol. The van der Waals surface area contributed by atoms with E-state index in [9.17, 15) is 17.7 Å². The van der Waals surface area contributed by atoms with E-state index < -0.39 is 30.5 Å². The highest BCUT2D eigenvalue weighted by atomic mass is 35.5. The quantitative estimate of drug-likeness (QED) is 0.340. The fourth-order valence-electron chi connectivity index (χ4n) is 3.70. The molecule has 2 N–H and O–H groups in total. The van der Waals surface area contributed by atoms with Crippen LogP contribution in [0.4, 0.5) is 18.9 Å². The molecule has 1 atom stereocenters. The number of nitrogens with two attached hydrogens (primary N) is 1. The molecule has 4 rings (SSSR count). The fourth-order valence-corrected chi connectivity index (χ4v) is 4.68. The summed E-state index contributed by atoms with van der Waals surface area (Å²) in [6.45, 7) is 4.90. The molecule has 0 amide bonds. The van der Waals surface area contributed by atoms with E-state index in [1.165, 1.54) is 24.4 Å². The lowest BCUT2D eigenvalue weighted by molar-refractivity contribution is 0.490. The summed E-state index contributed by atoms with van der Waals surface area (Å²) in [5.41, 5.74) is 8.02. The smallest absolute Gasteiger partial charge is 0.162 e. The lowest BCUT2D eigenvalue weighted by Crippen LogP contribution is -2.08. The van der Waals surface area contributed by atoms with E-state index in [0.29, 0.717) is 16.7 Å². The molecule has 0 bridgehead atoms. The van der Waals surface area contributed by atoms with Crippen LogP contribution < -0.4 is 11.2 Å². The Morgan fingerprint density at radius 3 is 2.47 bits per heavy atom. The van der Waals surface area contributed by atoms with Crippen molar-refractivity contribution in [1.82, 2.24) is 15.0 Å². The van der Waals surface area contributed by atoms with Crippen molar-refractivity contribution < 1.29 is 17.7 Å². The first-order chi connectivity index (χ1) is 16.0. The summed E-state index contributed by atoms with van der Waals surface area (Å²) in [4.78, 5) is 12.9. The van der Waals surface area contributed by atoms with Crippen LogP contribution in [-0.2, 0) is 11.0 Å². The molecule has 0 aliphatic carbocycles. The summed E-state index contributed by atoms with van der Waals surface area (Å²) in [7, 11) is -2.56. The zero-order valence-electron chi connectivity index (χ0n) is 18.6. The van der Waals surface area contributed by atoms with Crippen LogP contribution in [0.5, 0.6) is 0 Å². The van der Waals surface area contributed by atoms with Gasteiger partial charge in [0.05, 0.1) is 27.4 Å². The van der Waals surface area contributed by atoms with Crippen LogP contribution in [0.1, 0.15) is 24.1 Å². The lowest BCUT2D eigenvalue weighted by atomic mass is 9.95. The molecule has 0 fully saturated rings. The molecule has 0 spiro atoms. The number of hydrogen-bond donors (Lipinski definition) is 1. The molecule has 0 saturated heterocycles. The normalized spacial score (nSPS) is 12.8. The van der Waals surface area contributed by atoms with E-state index in [-0.39, 0.29) is 39.4 Å². The summed E-state index contributed by atoms with van der Waals surface area (Å²) >= 11 is 6.45. The van der Waals surface area contributed by atoms with Gasteiger partial charge in [-0.25, -0.2) is 23.1 Å². The summed E-state index contributed by atoms with van der Waals surface area (Å²) < 4.78 is 55.0. The van der Waals surface area contributed by atoms with Crippen LogP contribution in [0.15, 0.2) is 42.6 Å². The number of nitrogens with zero attached hydrogens (tertiary/aromatic N) is 3. The third-order valence-corrected chi connectivity index (χ3v) is 7.33. The standard InChI is InChI=1S/C24H21ClF3N4OP/c1-12(14-5-4-6-15(26)21(14)28)9-17-20(25)22(29)24-18(31-17)10-16(27)23(32-24)13-7-8-19(30-11-13)34(2,3)33/h4-8,10-12H,9H2,1-3H3,(H2,29,31). The van der Waals surface area contributed by atoms with Crippen LogP contribution in [-0.4, -0.2) is 28.3 Å². The van der Waals surface area contributed by atoms with Crippen LogP contribution in [0.3, 0.4) is 0 Å². The Hall–Kier alpha value is -2.96. The van der Waals surface area contributed by atoms with Gasteiger partial charge < -0.3 is 10.3 Å². The molecule has 34 heavy (non-hydrogen) atoms. The van der Waals surface area contributed by atoms with Gasteiger partial charge in [0.1, 0.15) is 18.4 Å². The first-order valence-electron chi connectivity index (χ1n) is 10.4. The van der Waals surface area contributed by atoms with E-state index in [4.69, 9.17) is 17.3 Å². The third kappa shape index (κ3) is 4.52. The Morgan fingerprint density at radius 1 is 1.09 bits per heavy atom. The van der Waals surface area contributed by atoms with E-state index in [2.05, 4.69) is 15.0 Å². The average molecular weight is 505 g/mol. The highest BCUT2D eigenvalue weighted by Crippen LogP contribution is 2.36. The number of fused-ring (bicyclic) bond motifs is 1. The number of aromatic nitrogens is 3. The Balaban J connectivity index is 1.74. The van der Waals surface area contributed by atoms with Crippen molar-refractivity contribution in [2.45, 2.75) is 19.3 Å². The van der Waals surface area contributed by atoms with Crippen molar-refractivity contribution >= 4 is 40.9 Å². The van der Waals surface area contributed by atoms with Gasteiger partial charge in [-0.2, -0.15) is 0 Å². The van der Waals surface area contributed by atoms with Crippen LogP contribution in [0, 0.1) is 17.5 Å². The third-order valence-electron chi connectivity index (χ3n) is 5.54. The molecule has 0 aliphatic heterocycles. The van der Waals surface area contributed by atoms with Gasteiger partial charge in [0.15, 0.2) is 17.5 Å². The summed E-state index contributed by atoms with van der Waals surface area (Å²) in [5.74, 6) is -2.99. The highest BCUT2D eigenvalue weighted by molar-refractivity contribution is 7.69. The fraction of sp³-hybridized carbons (Fsp3) is 0.208. The van der Waals surface area contributed by atoms with Gasteiger partial charge in [0, 0.05) is 17.8 Å². The SMILES string of the molecule is CC(Cc1nc2cc(F)c(-c3ccc(P(C)(C)=O)nc3)nc2c(N)c1Cl)c1cccc(F)c1F. The van der Waals surface area contributed by atoms with Crippen molar-refractivity contribution in [2.75, 3.05) is 19.1 Å². The number of halogens is 4. The van der Waals surface area contributed by atoms with E-state index >= 15 is 0 Å². The predicted octanol–water partition coefficient (Wildman–Crippen LogP) is 5.94. The molecule has 0 aliphatic rings. The van der Waals surface area contributed by atoms with Crippen molar-refractivity contribution in [3.05, 3.63) is 76.3 Å². The maximum atomic E-state index is 15.0. The minimum Gasteiger partial charge on any atom is -0.396 e. The number of hydrogen-bond acceptors (Lipinski definition) is 5. The van der Waals surface area contributed by atoms with Gasteiger partial charge in [-0.3, -0.25) is 4.98 Å². The Labute approximate surface area is 199 Å². The molecule has 3 aromatic heterocycles. The molecular formula is C24H21ClF3N4OP. The molecule has 176 valence electrons. The van der Waals surface area contributed by atoms with Crippen LogP contribution >= 0.6 is 18.7 Å². The molecule has 0 radical (unpaired) electrons. The highest BCUT2D eigenvalue weighted by Gasteiger charge is 2.21. The van der Waals surface area contributed by atoms with Crippen molar-refractivity contribution in [1.29, 1.82) is 0 Å². The number of nitrogen functional groups attached to an aromatic ring is 1. The maximum Gasteiger partial charge on any atom is 0.162 e. The van der Waals surface area contributed by atoms with Gasteiger partial charge >= 0.3 is 0 Å². The Kier molecular flexibility index (Phi) is 6.40. The molecule has 1 aromatic carbocycles. The average Bonchev–Trinajstić information content (AvgIpc) is 2.78. The second kappa shape index (κ2) is 9.01. The van der Waals surface area contributed by atoms with E-state index in [0.717, 1.165) is 6.07 Å². The summed E-state index contributed by atoms with van der Waals surface area (Å²) in [6.07, 6.45) is 1.56. The van der Waals surface area contributed by atoms with Crippen LogP contribution in [0.25, 0.3) is 22.3 Å². The second-order valence-electron chi connectivity index (χ2n) is 8.48. The van der Waals surface area contributed by atoms with E-state index in [1.807, 2.05) is 0 Å².